The van der Waals surface area contributed by atoms with Crippen molar-refractivity contribution in [2.75, 3.05) is 0 Å². The molecule has 32 heavy (non-hydrogen) atoms. The molecule has 1 saturated carbocycles. The summed E-state index contributed by atoms with van der Waals surface area (Å²) in [7, 11) is 0. The quantitative estimate of drug-likeness (QED) is 0.505. The molecule has 1 aliphatic carbocycles. The third kappa shape index (κ3) is 4.27. The minimum Gasteiger partial charge on any atom is -0.391 e. The second kappa shape index (κ2) is 8.93. The standard InChI is InChI=1S/C26H26N4O2/c31-25-9-4-3-8-23(25)29-26(32)24-17-19(21-6-1-2-7-22(21)28-24)16-18-10-12-20(13-11-18)30-15-5-14-27-30/h1-2,5-7,10-15,17,23,25,31H,3-4,8-9,16H2,(H,29,32)/t23-,25-/m0/s1. The molecule has 0 spiro atoms. The number of amides is 1. The van der Waals surface area contributed by atoms with E-state index in [2.05, 4.69) is 27.5 Å². The number of benzene rings is 2. The fraction of sp³-hybridized carbons (Fsp3) is 0.269. The largest absolute Gasteiger partial charge is 0.391 e. The molecule has 2 atom stereocenters. The van der Waals surface area contributed by atoms with Crippen molar-refractivity contribution < 1.29 is 9.90 Å². The molecule has 6 heteroatoms. The van der Waals surface area contributed by atoms with E-state index in [-0.39, 0.29) is 11.9 Å². The molecule has 0 aliphatic heterocycles. The van der Waals surface area contributed by atoms with E-state index < -0.39 is 6.10 Å². The average molecular weight is 427 g/mol. The normalized spacial score (nSPS) is 18.5. The number of carbonyl (C=O) groups is 1. The third-order valence-electron chi connectivity index (χ3n) is 6.18. The molecular formula is C26H26N4O2. The number of nitrogens with zero attached hydrogens (tertiary/aromatic N) is 3. The van der Waals surface area contributed by atoms with Gasteiger partial charge in [-0.1, -0.05) is 43.2 Å². The number of hydrogen-bond acceptors (Lipinski definition) is 4. The number of pyridine rings is 1. The van der Waals surface area contributed by atoms with Gasteiger partial charge < -0.3 is 10.4 Å². The number of fused-ring (bicyclic) bond motifs is 1. The van der Waals surface area contributed by atoms with Gasteiger partial charge in [-0.3, -0.25) is 4.79 Å². The van der Waals surface area contributed by atoms with E-state index in [1.807, 2.05) is 59.4 Å². The maximum absolute atomic E-state index is 13.0. The molecule has 4 aromatic rings. The number of aliphatic hydroxyl groups excluding tert-OH is 1. The third-order valence-corrected chi connectivity index (χ3v) is 6.18. The highest BCUT2D eigenvalue weighted by Gasteiger charge is 2.25. The molecule has 2 heterocycles. The van der Waals surface area contributed by atoms with Gasteiger partial charge in [-0.05, 0) is 60.7 Å². The van der Waals surface area contributed by atoms with E-state index in [0.717, 1.165) is 53.4 Å². The lowest BCUT2D eigenvalue weighted by Crippen LogP contribution is -2.45. The van der Waals surface area contributed by atoms with Gasteiger partial charge in [0.15, 0.2) is 0 Å². The van der Waals surface area contributed by atoms with Crippen molar-refractivity contribution >= 4 is 16.8 Å². The van der Waals surface area contributed by atoms with Crippen LogP contribution in [0.3, 0.4) is 0 Å². The Hall–Kier alpha value is -3.51. The molecule has 2 N–H and O–H groups in total. The van der Waals surface area contributed by atoms with Gasteiger partial charge in [-0.25, -0.2) is 9.67 Å². The first-order valence-electron chi connectivity index (χ1n) is 11.1. The predicted molar refractivity (Wildman–Crippen MR) is 124 cm³/mol. The van der Waals surface area contributed by atoms with Crippen molar-refractivity contribution in [1.29, 1.82) is 0 Å². The topological polar surface area (TPSA) is 80.0 Å². The molecule has 2 aromatic carbocycles. The molecule has 0 bridgehead atoms. The molecule has 1 aliphatic rings. The zero-order chi connectivity index (χ0) is 21.9. The second-order valence-corrected chi connectivity index (χ2v) is 8.41. The van der Waals surface area contributed by atoms with Gasteiger partial charge in [0.1, 0.15) is 5.69 Å². The first kappa shape index (κ1) is 20.4. The predicted octanol–water partition coefficient (Wildman–Crippen LogP) is 4.04. The first-order valence-corrected chi connectivity index (χ1v) is 11.1. The van der Waals surface area contributed by atoms with Crippen LogP contribution in [-0.4, -0.2) is 37.9 Å². The average Bonchev–Trinajstić information content (AvgIpc) is 3.36. The number of aliphatic hydroxyl groups is 1. The first-order chi connectivity index (χ1) is 15.7. The minimum atomic E-state index is -0.485. The molecule has 0 radical (unpaired) electrons. The van der Waals surface area contributed by atoms with Gasteiger partial charge in [0.25, 0.3) is 5.91 Å². The van der Waals surface area contributed by atoms with E-state index >= 15 is 0 Å². The molecule has 6 nitrogen and oxygen atoms in total. The number of para-hydroxylation sites is 1. The highest BCUT2D eigenvalue weighted by molar-refractivity contribution is 5.96. The maximum Gasteiger partial charge on any atom is 0.270 e. The highest BCUT2D eigenvalue weighted by atomic mass is 16.3. The van der Waals surface area contributed by atoms with E-state index in [4.69, 9.17) is 0 Å². The molecule has 5 rings (SSSR count). The van der Waals surface area contributed by atoms with E-state index in [1.165, 1.54) is 0 Å². The number of nitrogens with one attached hydrogen (secondary N) is 1. The monoisotopic (exact) mass is 426 g/mol. The SMILES string of the molecule is O=C(N[C@H]1CCCC[C@@H]1O)c1cc(Cc2ccc(-n3cccn3)cc2)c2ccccc2n1. The van der Waals surface area contributed by atoms with Crippen LogP contribution in [0.5, 0.6) is 0 Å². The zero-order valence-electron chi connectivity index (χ0n) is 17.8. The van der Waals surface area contributed by atoms with Crippen molar-refractivity contribution in [2.45, 2.75) is 44.2 Å². The van der Waals surface area contributed by atoms with Gasteiger partial charge in [0.05, 0.1) is 23.3 Å². The van der Waals surface area contributed by atoms with Crippen LogP contribution in [0.25, 0.3) is 16.6 Å². The van der Waals surface area contributed by atoms with Crippen LogP contribution in [0.2, 0.25) is 0 Å². The van der Waals surface area contributed by atoms with Gasteiger partial charge in [0.2, 0.25) is 0 Å². The lowest BCUT2D eigenvalue weighted by atomic mass is 9.92. The Labute approximate surface area is 186 Å². The fourth-order valence-electron chi connectivity index (χ4n) is 4.44. The number of aromatic nitrogens is 3. The second-order valence-electron chi connectivity index (χ2n) is 8.41. The molecule has 2 aromatic heterocycles. The Bertz CT molecular complexity index is 1220. The van der Waals surface area contributed by atoms with Crippen molar-refractivity contribution in [3.63, 3.8) is 0 Å². The Kier molecular flexibility index (Phi) is 5.69. The van der Waals surface area contributed by atoms with Crippen LogP contribution < -0.4 is 5.32 Å². The van der Waals surface area contributed by atoms with Crippen LogP contribution in [0.4, 0.5) is 0 Å². The number of rotatable bonds is 5. The van der Waals surface area contributed by atoms with Gasteiger partial charge in [-0.15, -0.1) is 0 Å². The van der Waals surface area contributed by atoms with Crippen LogP contribution >= 0.6 is 0 Å². The Balaban J connectivity index is 1.42. The highest BCUT2D eigenvalue weighted by Crippen LogP contribution is 2.23. The summed E-state index contributed by atoms with van der Waals surface area (Å²) < 4.78 is 1.83. The van der Waals surface area contributed by atoms with E-state index in [9.17, 15) is 9.90 Å². The maximum atomic E-state index is 13.0. The summed E-state index contributed by atoms with van der Waals surface area (Å²) in [6, 6.07) is 19.8. The van der Waals surface area contributed by atoms with Gasteiger partial charge in [-0.2, -0.15) is 5.10 Å². The number of hydrogen-bond donors (Lipinski definition) is 2. The zero-order valence-corrected chi connectivity index (χ0v) is 17.8. The summed E-state index contributed by atoms with van der Waals surface area (Å²) in [5.74, 6) is -0.225. The molecular weight excluding hydrogens is 400 g/mol. The minimum absolute atomic E-state index is 0.206. The lowest BCUT2D eigenvalue weighted by Gasteiger charge is -2.28. The molecule has 1 fully saturated rings. The van der Waals surface area contributed by atoms with Crippen molar-refractivity contribution in [3.8, 4) is 5.69 Å². The van der Waals surface area contributed by atoms with Crippen LogP contribution in [0.15, 0.2) is 73.1 Å². The Morgan fingerprint density at radius 2 is 1.88 bits per heavy atom. The molecule has 0 saturated heterocycles. The molecule has 162 valence electrons. The summed E-state index contributed by atoms with van der Waals surface area (Å²) >= 11 is 0. The van der Waals surface area contributed by atoms with Crippen molar-refractivity contribution in [1.82, 2.24) is 20.1 Å². The molecule has 1 amide bonds. The van der Waals surface area contributed by atoms with Crippen LogP contribution in [0.1, 0.15) is 47.3 Å². The van der Waals surface area contributed by atoms with Crippen molar-refractivity contribution in [3.05, 3.63) is 89.9 Å². The van der Waals surface area contributed by atoms with Crippen LogP contribution in [-0.2, 0) is 6.42 Å². The van der Waals surface area contributed by atoms with E-state index in [1.54, 1.807) is 6.20 Å². The summed E-state index contributed by atoms with van der Waals surface area (Å²) in [6.45, 7) is 0. The number of carbonyl (C=O) groups excluding carboxylic acids is 1. The lowest BCUT2D eigenvalue weighted by molar-refractivity contribution is 0.0714. The van der Waals surface area contributed by atoms with Crippen LogP contribution in [0, 0.1) is 0 Å². The Morgan fingerprint density at radius 1 is 1.06 bits per heavy atom. The summed E-state index contributed by atoms with van der Waals surface area (Å²) in [6.07, 6.45) is 7.44. The van der Waals surface area contributed by atoms with Gasteiger partial charge >= 0.3 is 0 Å². The van der Waals surface area contributed by atoms with E-state index in [0.29, 0.717) is 12.1 Å². The van der Waals surface area contributed by atoms with Gasteiger partial charge in [0, 0.05) is 17.8 Å². The van der Waals surface area contributed by atoms with Crippen molar-refractivity contribution in [2.24, 2.45) is 0 Å². The summed E-state index contributed by atoms with van der Waals surface area (Å²) in [5.41, 5.74) is 4.39. The summed E-state index contributed by atoms with van der Waals surface area (Å²) in [5, 5.41) is 18.5. The summed E-state index contributed by atoms with van der Waals surface area (Å²) in [4.78, 5) is 17.6. The molecule has 0 unspecified atom stereocenters. The Morgan fingerprint density at radius 3 is 2.66 bits per heavy atom. The fourth-order valence-corrected chi connectivity index (χ4v) is 4.44. The smallest absolute Gasteiger partial charge is 0.270 e.